The maximum absolute atomic E-state index is 12.5. The first-order chi connectivity index (χ1) is 11.8. The number of H-pyrrole nitrogens is 1. The largest absolute Gasteiger partial charge is 0.462 e. The van der Waals surface area contributed by atoms with E-state index >= 15 is 0 Å². The van der Waals surface area contributed by atoms with E-state index in [1.165, 1.54) is 18.3 Å². The van der Waals surface area contributed by atoms with E-state index in [0.29, 0.717) is 16.4 Å². The van der Waals surface area contributed by atoms with Crippen LogP contribution in [-0.4, -0.2) is 40.9 Å². The van der Waals surface area contributed by atoms with E-state index in [4.69, 9.17) is 21.1 Å². The highest BCUT2D eigenvalue weighted by molar-refractivity contribution is 6.30. The molecule has 2 heterocycles. The van der Waals surface area contributed by atoms with E-state index in [0.717, 1.165) is 0 Å². The lowest BCUT2D eigenvalue weighted by atomic mass is 10.1. The summed E-state index contributed by atoms with van der Waals surface area (Å²) in [5.41, 5.74) is 1.32. The van der Waals surface area contributed by atoms with E-state index in [1.807, 2.05) is 0 Å². The molecule has 2 rings (SSSR count). The highest BCUT2D eigenvalue weighted by Gasteiger charge is 2.26. The second-order valence-corrected chi connectivity index (χ2v) is 5.64. The van der Waals surface area contributed by atoms with Gasteiger partial charge < -0.3 is 14.5 Å². The summed E-state index contributed by atoms with van der Waals surface area (Å²) in [6.07, 6.45) is 1.36. The third-order valence-electron chi connectivity index (χ3n) is 3.40. The first-order valence-corrected chi connectivity index (χ1v) is 7.91. The number of carbonyl (C=O) groups excluding carboxylic acids is 3. The number of aromatic nitrogens is 2. The van der Waals surface area contributed by atoms with E-state index < -0.39 is 24.3 Å². The lowest BCUT2D eigenvalue weighted by Gasteiger charge is -2.07. The van der Waals surface area contributed by atoms with E-state index in [9.17, 15) is 14.4 Å². The van der Waals surface area contributed by atoms with Crippen molar-refractivity contribution in [3.8, 4) is 0 Å². The van der Waals surface area contributed by atoms with Gasteiger partial charge in [-0.2, -0.15) is 0 Å². The van der Waals surface area contributed by atoms with Crippen LogP contribution in [0.4, 0.5) is 0 Å². The number of pyridine rings is 1. The van der Waals surface area contributed by atoms with Gasteiger partial charge in [-0.3, -0.25) is 4.79 Å². The van der Waals surface area contributed by atoms with Gasteiger partial charge in [-0.05, 0) is 32.9 Å². The van der Waals surface area contributed by atoms with Gasteiger partial charge in [-0.1, -0.05) is 11.6 Å². The van der Waals surface area contributed by atoms with Crippen LogP contribution in [0.1, 0.15) is 49.5 Å². The molecular weight excluding hydrogens is 348 g/mol. The Balaban J connectivity index is 2.16. The van der Waals surface area contributed by atoms with Crippen LogP contribution >= 0.6 is 11.6 Å². The molecule has 7 nitrogen and oxygen atoms in total. The van der Waals surface area contributed by atoms with Crippen molar-refractivity contribution < 1.29 is 23.9 Å². The molecule has 8 heteroatoms. The summed E-state index contributed by atoms with van der Waals surface area (Å²) >= 11 is 5.79. The van der Waals surface area contributed by atoms with Gasteiger partial charge >= 0.3 is 11.9 Å². The number of Topliss-reactive ketones (excluding diaryl/α,β-unsaturated/α-hetero) is 1. The van der Waals surface area contributed by atoms with Gasteiger partial charge in [0.05, 0.1) is 17.7 Å². The molecule has 0 aliphatic rings. The number of carbonyl (C=O) groups is 3. The van der Waals surface area contributed by atoms with Gasteiger partial charge in [0.15, 0.2) is 6.61 Å². The summed E-state index contributed by atoms with van der Waals surface area (Å²) in [4.78, 5) is 43.2. The first kappa shape index (κ1) is 18.7. The molecule has 0 aromatic carbocycles. The number of rotatable bonds is 6. The van der Waals surface area contributed by atoms with E-state index in [2.05, 4.69) is 9.97 Å². The van der Waals surface area contributed by atoms with Crippen LogP contribution in [0, 0.1) is 13.8 Å². The minimum Gasteiger partial charge on any atom is -0.462 e. The topological polar surface area (TPSA) is 98.4 Å². The molecule has 0 fully saturated rings. The predicted octanol–water partition coefficient (Wildman–Crippen LogP) is 2.90. The van der Waals surface area contributed by atoms with Crippen molar-refractivity contribution in [3.63, 3.8) is 0 Å². The fourth-order valence-corrected chi connectivity index (χ4v) is 2.54. The van der Waals surface area contributed by atoms with E-state index in [-0.39, 0.29) is 23.4 Å². The zero-order valence-corrected chi connectivity index (χ0v) is 14.8. The molecule has 25 heavy (non-hydrogen) atoms. The number of aryl methyl sites for hydroxylation is 2. The second-order valence-electron chi connectivity index (χ2n) is 5.20. The normalized spacial score (nSPS) is 10.4. The van der Waals surface area contributed by atoms with Crippen molar-refractivity contribution in [1.82, 2.24) is 9.97 Å². The quantitative estimate of drug-likeness (QED) is 0.625. The number of nitrogens with one attached hydrogen (secondary N) is 1. The van der Waals surface area contributed by atoms with Crippen LogP contribution in [0.15, 0.2) is 18.3 Å². The van der Waals surface area contributed by atoms with Gasteiger partial charge in [0.2, 0.25) is 5.78 Å². The van der Waals surface area contributed by atoms with Crippen LogP contribution < -0.4 is 0 Å². The lowest BCUT2D eigenvalue weighted by molar-refractivity contribution is 0.0466. The first-order valence-electron chi connectivity index (χ1n) is 7.53. The molecule has 0 aliphatic carbocycles. The molecule has 0 spiro atoms. The Bertz CT molecular complexity index is 828. The summed E-state index contributed by atoms with van der Waals surface area (Å²) in [5, 5.41) is 0.329. The monoisotopic (exact) mass is 364 g/mol. The highest BCUT2D eigenvalue weighted by atomic mass is 35.5. The summed E-state index contributed by atoms with van der Waals surface area (Å²) in [7, 11) is 0. The second kappa shape index (κ2) is 7.94. The molecule has 0 amide bonds. The van der Waals surface area contributed by atoms with Crippen molar-refractivity contribution in [2.24, 2.45) is 0 Å². The average Bonchev–Trinajstić information content (AvgIpc) is 2.86. The highest BCUT2D eigenvalue weighted by Crippen LogP contribution is 2.20. The SMILES string of the molecule is CCOC(=O)c1c(C)[nH]c(C)c1C(=O)COC(=O)c1cc(Cl)ccn1. The Morgan fingerprint density at radius 3 is 2.44 bits per heavy atom. The number of aromatic amines is 1. The van der Waals surface area contributed by atoms with Gasteiger partial charge in [0.25, 0.3) is 0 Å². The van der Waals surface area contributed by atoms with Gasteiger partial charge in [-0.25, -0.2) is 14.6 Å². The van der Waals surface area contributed by atoms with Crippen molar-refractivity contribution in [3.05, 3.63) is 51.6 Å². The smallest absolute Gasteiger partial charge is 0.357 e. The third-order valence-corrected chi connectivity index (χ3v) is 3.63. The number of ketones is 1. The number of nitrogens with zero attached hydrogens (tertiary/aromatic N) is 1. The zero-order valence-electron chi connectivity index (χ0n) is 14.0. The fourth-order valence-electron chi connectivity index (χ4n) is 2.38. The maximum atomic E-state index is 12.5. The van der Waals surface area contributed by atoms with Crippen molar-refractivity contribution in [2.75, 3.05) is 13.2 Å². The molecular formula is C17H17ClN2O5. The molecule has 0 saturated heterocycles. The minimum absolute atomic E-state index is 0.00659. The Labute approximate surface area is 149 Å². The van der Waals surface area contributed by atoms with Crippen molar-refractivity contribution in [2.45, 2.75) is 20.8 Å². The van der Waals surface area contributed by atoms with Gasteiger partial charge in [0.1, 0.15) is 5.69 Å². The summed E-state index contributed by atoms with van der Waals surface area (Å²) in [6, 6.07) is 2.85. The molecule has 0 bridgehead atoms. The van der Waals surface area contributed by atoms with E-state index in [1.54, 1.807) is 20.8 Å². The van der Waals surface area contributed by atoms with Crippen molar-refractivity contribution in [1.29, 1.82) is 0 Å². The fraction of sp³-hybridized carbons (Fsp3) is 0.294. The summed E-state index contributed by atoms with van der Waals surface area (Å²) < 4.78 is 9.96. The standard InChI is InChI=1S/C17H17ClN2O5/c1-4-24-17(23)15-10(3)20-9(2)14(15)13(21)8-25-16(22)12-7-11(18)5-6-19-12/h5-7,20H,4,8H2,1-3H3. The van der Waals surface area contributed by atoms with Crippen LogP contribution in [0.5, 0.6) is 0 Å². The lowest BCUT2D eigenvalue weighted by Crippen LogP contribution is -2.18. The van der Waals surface area contributed by atoms with Gasteiger partial charge in [0, 0.05) is 22.6 Å². The third kappa shape index (κ3) is 4.24. The maximum Gasteiger partial charge on any atom is 0.357 e. The number of halogens is 1. The average molecular weight is 365 g/mol. The molecule has 2 aromatic heterocycles. The number of hydrogen-bond acceptors (Lipinski definition) is 6. The Kier molecular flexibility index (Phi) is 5.93. The van der Waals surface area contributed by atoms with Crippen LogP contribution in [-0.2, 0) is 9.47 Å². The number of esters is 2. The molecule has 0 aliphatic heterocycles. The van der Waals surface area contributed by atoms with Crippen LogP contribution in [0.2, 0.25) is 5.02 Å². The Hall–Kier alpha value is -2.67. The molecule has 132 valence electrons. The minimum atomic E-state index is -0.779. The number of ether oxygens (including phenoxy) is 2. The molecule has 0 atom stereocenters. The zero-order chi connectivity index (χ0) is 18.6. The number of hydrogen-bond donors (Lipinski definition) is 1. The molecule has 1 N–H and O–H groups in total. The predicted molar refractivity (Wildman–Crippen MR) is 90.1 cm³/mol. The molecule has 0 unspecified atom stereocenters. The van der Waals surface area contributed by atoms with Gasteiger partial charge in [-0.15, -0.1) is 0 Å². The Morgan fingerprint density at radius 2 is 1.80 bits per heavy atom. The summed E-state index contributed by atoms with van der Waals surface area (Å²) in [6.45, 7) is 4.65. The summed E-state index contributed by atoms with van der Waals surface area (Å²) in [5.74, 6) is -1.89. The van der Waals surface area contributed by atoms with Crippen LogP contribution in [0.25, 0.3) is 0 Å². The van der Waals surface area contributed by atoms with Crippen molar-refractivity contribution >= 4 is 29.3 Å². The molecule has 0 radical (unpaired) electrons. The van der Waals surface area contributed by atoms with Crippen LogP contribution in [0.3, 0.4) is 0 Å². The Morgan fingerprint density at radius 1 is 1.12 bits per heavy atom. The molecule has 0 saturated carbocycles. The molecule has 2 aromatic rings.